The third kappa shape index (κ3) is 4.88. The quantitative estimate of drug-likeness (QED) is 0.177. The van der Waals surface area contributed by atoms with Gasteiger partial charge in [-0.2, -0.15) is 9.97 Å². The van der Waals surface area contributed by atoms with Crippen LogP contribution < -0.4 is 0 Å². The second-order valence-electron chi connectivity index (χ2n) is 12.7. The Bertz CT molecular complexity index is 2780. The molecule has 0 spiro atoms. The summed E-state index contributed by atoms with van der Waals surface area (Å²) in [7, 11) is 0. The molecule has 244 valence electrons. The molecule has 0 saturated carbocycles. The summed E-state index contributed by atoms with van der Waals surface area (Å²) < 4.78 is 4.38. The highest BCUT2D eigenvalue weighted by molar-refractivity contribution is 6.09. The molecule has 10 aromatic rings. The zero-order valence-corrected chi connectivity index (χ0v) is 28.0. The maximum Gasteiger partial charge on any atom is 0.238 e. The Morgan fingerprint density at radius 1 is 0.327 bits per heavy atom. The number of imidazole rings is 1. The fourth-order valence-corrected chi connectivity index (χ4v) is 7.31. The molecule has 0 radical (unpaired) electrons. The number of benzene rings is 7. The van der Waals surface area contributed by atoms with Crippen LogP contribution in [0.25, 0.3) is 89.8 Å². The van der Waals surface area contributed by atoms with Gasteiger partial charge in [0.1, 0.15) is 0 Å². The van der Waals surface area contributed by atoms with E-state index in [-0.39, 0.29) is 0 Å². The Balaban J connectivity index is 1.32. The predicted octanol–water partition coefficient (Wildman–Crippen LogP) is 11.0. The first-order chi connectivity index (χ1) is 25.8. The van der Waals surface area contributed by atoms with Gasteiger partial charge in [0.05, 0.1) is 27.8 Å². The molecule has 52 heavy (non-hydrogen) atoms. The third-order valence-electron chi connectivity index (χ3n) is 9.63. The van der Waals surface area contributed by atoms with Crippen molar-refractivity contribution in [2.75, 3.05) is 0 Å². The number of para-hydroxylation sites is 5. The van der Waals surface area contributed by atoms with Crippen LogP contribution in [-0.2, 0) is 0 Å². The average molecular weight is 667 g/mol. The maximum atomic E-state index is 5.32. The van der Waals surface area contributed by atoms with Crippen LogP contribution in [0.5, 0.6) is 0 Å². The van der Waals surface area contributed by atoms with E-state index < -0.39 is 0 Å². The largest absolute Gasteiger partial charge is 0.288 e. The van der Waals surface area contributed by atoms with Gasteiger partial charge in [-0.05, 0) is 35.4 Å². The minimum Gasteiger partial charge on any atom is -0.288 e. The monoisotopic (exact) mass is 666 g/mol. The van der Waals surface area contributed by atoms with E-state index in [1.54, 1.807) is 0 Å². The van der Waals surface area contributed by atoms with Crippen LogP contribution in [0.2, 0.25) is 0 Å². The first-order valence-corrected chi connectivity index (χ1v) is 17.3. The van der Waals surface area contributed by atoms with Gasteiger partial charge in [-0.25, -0.2) is 9.97 Å². The van der Waals surface area contributed by atoms with Gasteiger partial charge < -0.3 is 0 Å². The third-order valence-corrected chi connectivity index (χ3v) is 9.63. The lowest BCUT2D eigenvalue weighted by Crippen LogP contribution is -2.09. The molecule has 0 N–H and O–H groups in total. The van der Waals surface area contributed by atoms with Gasteiger partial charge in [0, 0.05) is 27.5 Å². The fraction of sp³-hybridized carbons (Fsp3) is 0. The molecular formula is C46H30N6. The highest BCUT2D eigenvalue weighted by atomic mass is 15.2. The Morgan fingerprint density at radius 2 is 0.808 bits per heavy atom. The molecule has 0 unspecified atom stereocenters. The van der Waals surface area contributed by atoms with Gasteiger partial charge in [0.25, 0.3) is 0 Å². The number of hydrogen-bond donors (Lipinski definition) is 0. The van der Waals surface area contributed by atoms with Crippen LogP contribution in [0.4, 0.5) is 0 Å². The fourth-order valence-electron chi connectivity index (χ4n) is 7.31. The van der Waals surface area contributed by atoms with Crippen LogP contribution in [0.1, 0.15) is 0 Å². The van der Waals surface area contributed by atoms with Crippen molar-refractivity contribution in [2.24, 2.45) is 0 Å². The summed E-state index contributed by atoms with van der Waals surface area (Å²) in [5.41, 5.74) is 10.1. The Morgan fingerprint density at radius 3 is 1.40 bits per heavy atom. The number of fused-ring (bicyclic) bond motifs is 4. The highest BCUT2D eigenvalue weighted by Crippen LogP contribution is 2.40. The van der Waals surface area contributed by atoms with Crippen molar-refractivity contribution in [1.29, 1.82) is 0 Å². The van der Waals surface area contributed by atoms with Crippen molar-refractivity contribution in [1.82, 2.24) is 29.1 Å². The molecule has 0 amide bonds. The summed E-state index contributed by atoms with van der Waals surface area (Å²) >= 11 is 0. The molecule has 3 aromatic heterocycles. The summed E-state index contributed by atoms with van der Waals surface area (Å²) in [5, 5.41) is 2.27. The summed E-state index contributed by atoms with van der Waals surface area (Å²) in [6.45, 7) is 0. The zero-order chi connectivity index (χ0) is 34.4. The van der Waals surface area contributed by atoms with Gasteiger partial charge in [0.15, 0.2) is 11.6 Å². The number of nitrogens with zero attached hydrogens (tertiary/aromatic N) is 6. The van der Waals surface area contributed by atoms with Crippen molar-refractivity contribution in [3.05, 3.63) is 182 Å². The number of aromatic nitrogens is 6. The normalized spacial score (nSPS) is 11.5. The van der Waals surface area contributed by atoms with Crippen LogP contribution in [0.3, 0.4) is 0 Å². The van der Waals surface area contributed by atoms with Crippen LogP contribution in [-0.4, -0.2) is 29.1 Å². The molecule has 0 aliphatic carbocycles. The van der Waals surface area contributed by atoms with E-state index in [4.69, 9.17) is 19.9 Å². The van der Waals surface area contributed by atoms with Gasteiger partial charge in [-0.15, -0.1) is 0 Å². The molecule has 6 nitrogen and oxygen atoms in total. The summed E-state index contributed by atoms with van der Waals surface area (Å²) in [6.07, 6.45) is 0. The minimum atomic E-state index is 0.476. The SMILES string of the molecule is c1ccc(-c2nc(-c3nc4ccccc4n3-c3c(-c4ccccc4)cccc3-c3ccccc3)nc(-n3c4ccccc4c4ccccc43)n2)cc1. The van der Waals surface area contributed by atoms with Crippen molar-refractivity contribution >= 4 is 32.8 Å². The Kier molecular flexibility index (Phi) is 7.03. The lowest BCUT2D eigenvalue weighted by Gasteiger charge is -2.19. The standard InChI is InChI=1S/C46H30N6/c1-4-17-31(18-5-1)34-25-16-26-35(32-19-6-2-7-20-32)42(34)52-41-30-15-12-27-38(41)47-45(52)44-48-43(33-21-8-3-9-22-33)49-46(50-44)51-39-28-13-10-23-36(39)37-24-11-14-29-40(37)51/h1-30H. The maximum absolute atomic E-state index is 5.32. The lowest BCUT2D eigenvalue weighted by atomic mass is 9.95. The molecule has 3 heterocycles. The highest BCUT2D eigenvalue weighted by Gasteiger charge is 2.25. The van der Waals surface area contributed by atoms with Crippen molar-refractivity contribution in [3.63, 3.8) is 0 Å². The molecule has 0 bridgehead atoms. The van der Waals surface area contributed by atoms with E-state index in [9.17, 15) is 0 Å². The van der Waals surface area contributed by atoms with Gasteiger partial charge >= 0.3 is 0 Å². The minimum absolute atomic E-state index is 0.476. The number of hydrogen-bond acceptors (Lipinski definition) is 4. The molecule has 0 aliphatic rings. The van der Waals surface area contributed by atoms with E-state index in [1.165, 1.54) is 0 Å². The van der Waals surface area contributed by atoms with Crippen LogP contribution in [0, 0.1) is 0 Å². The smallest absolute Gasteiger partial charge is 0.238 e. The van der Waals surface area contributed by atoms with E-state index in [1.807, 2.05) is 48.5 Å². The van der Waals surface area contributed by atoms with E-state index in [0.29, 0.717) is 23.4 Å². The first kappa shape index (κ1) is 29.7. The summed E-state index contributed by atoms with van der Waals surface area (Å²) in [5.74, 6) is 2.20. The second kappa shape index (κ2) is 12.3. The Hall–Kier alpha value is -7.18. The van der Waals surface area contributed by atoms with Crippen LogP contribution in [0.15, 0.2) is 182 Å². The molecule has 0 atom stereocenters. The molecular weight excluding hydrogens is 637 g/mol. The summed E-state index contributed by atoms with van der Waals surface area (Å²) in [6, 6.07) is 62.7. The molecule has 6 heteroatoms. The Labute approximate surface area is 300 Å². The summed E-state index contributed by atoms with van der Waals surface area (Å²) in [4.78, 5) is 21.0. The molecule has 7 aromatic carbocycles. The molecule has 0 aliphatic heterocycles. The average Bonchev–Trinajstić information content (AvgIpc) is 3.78. The van der Waals surface area contributed by atoms with E-state index in [0.717, 1.165) is 66.3 Å². The van der Waals surface area contributed by atoms with Gasteiger partial charge in [-0.3, -0.25) is 9.13 Å². The van der Waals surface area contributed by atoms with Gasteiger partial charge in [0.2, 0.25) is 11.8 Å². The first-order valence-electron chi connectivity index (χ1n) is 17.3. The van der Waals surface area contributed by atoms with Crippen molar-refractivity contribution in [3.8, 4) is 56.9 Å². The van der Waals surface area contributed by atoms with Crippen molar-refractivity contribution in [2.45, 2.75) is 0 Å². The predicted molar refractivity (Wildman–Crippen MR) is 211 cm³/mol. The van der Waals surface area contributed by atoms with Crippen LogP contribution >= 0.6 is 0 Å². The topological polar surface area (TPSA) is 61.4 Å². The van der Waals surface area contributed by atoms with Crippen molar-refractivity contribution < 1.29 is 0 Å². The molecule has 0 saturated heterocycles. The lowest BCUT2D eigenvalue weighted by molar-refractivity contribution is 0.934. The molecule has 0 fully saturated rings. The van der Waals surface area contributed by atoms with E-state index >= 15 is 0 Å². The zero-order valence-electron chi connectivity index (χ0n) is 28.0. The number of rotatable bonds is 6. The van der Waals surface area contributed by atoms with Gasteiger partial charge in [-0.1, -0.05) is 158 Å². The van der Waals surface area contributed by atoms with E-state index in [2.05, 4.69) is 143 Å². The molecule has 10 rings (SSSR count). The second-order valence-corrected chi connectivity index (χ2v) is 12.7.